The highest BCUT2D eigenvalue weighted by atomic mass is 16.2. The lowest BCUT2D eigenvalue weighted by atomic mass is 10.3. The highest BCUT2D eigenvalue weighted by Crippen LogP contribution is 2.16. The van der Waals surface area contributed by atoms with E-state index in [4.69, 9.17) is 0 Å². The highest BCUT2D eigenvalue weighted by Gasteiger charge is 2.28. The molecule has 0 aliphatic carbocycles. The molecule has 114 valence electrons. The molecule has 3 rings (SSSR count). The number of rotatable bonds is 2. The lowest BCUT2D eigenvalue weighted by Crippen LogP contribution is -2.53. The number of anilines is 2. The van der Waals surface area contributed by atoms with E-state index in [2.05, 4.69) is 10.4 Å². The molecule has 1 aromatic heterocycles. The van der Waals surface area contributed by atoms with Crippen LogP contribution in [0.2, 0.25) is 0 Å². The van der Waals surface area contributed by atoms with E-state index in [1.165, 1.54) is 4.90 Å². The molecule has 1 N–H and O–H groups in total. The molecular weight excluding hydrogens is 282 g/mol. The zero-order chi connectivity index (χ0) is 15.5. The molecule has 0 bridgehead atoms. The van der Waals surface area contributed by atoms with Crippen molar-refractivity contribution in [2.24, 2.45) is 7.05 Å². The quantitative estimate of drug-likeness (QED) is 0.908. The van der Waals surface area contributed by atoms with Gasteiger partial charge in [0, 0.05) is 32.0 Å². The lowest BCUT2D eigenvalue weighted by Gasteiger charge is -2.33. The predicted octanol–water partition coefficient (Wildman–Crippen LogP) is 1.30. The van der Waals surface area contributed by atoms with Crippen molar-refractivity contribution in [2.75, 3.05) is 29.9 Å². The van der Waals surface area contributed by atoms with Crippen molar-refractivity contribution in [3.63, 3.8) is 0 Å². The number of para-hydroxylation sites is 1. The minimum Gasteiger partial charge on any atom is -0.313 e. The number of hydrogen-bond donors (Lipinski definition) is 1. The van der Waals surface area contributed by atoms with Crippen LogP contribution < -0.4 is 10.2 Å². The van der Waals surface area contributed by atoms with Crippen LogP contribution in [0.4, 0.5) is 16.2 Å². The Morgan fingerprint density at radius 3 is 2.64 bits per heavy atom. The lowest BCUT2D eigenvalue weighted by molar-refractivity contribution is -0.120. The van der Waals surface area contributed by atoms with Gasteiger partial charge in [-0.05, 0) is 12.1 Å². The number of piperazine rings is 1. The molecule has 1 fully saturated rings. The highest BCUT2D eigenvalue weighted by molar-refractivity contribution is 5.99. The second-order valence-corrected chi connectivity index (χ2v) is 5.14. The number of aromatic nitrogens is 2. The van der Waals surface area contributed by atoms with Crippen LogP contribution in [0.25, 0.3) is 0 Å². The number of aryl methyl sites for hydroxylation is 1. The van der Waals surface area contributed by atoms with Gasteiger partial charge < -0.3 is 15.1 Å². The first-order valence-corrected chi connectivity index (χ1v) is 7.03. The zero-order valence-corrected chi connectivity index (χ0v) is 12.3. The Kier molecular flexibility index (Phi) is 3.78. The number of amides is 3. The van der Waals surface area contributed by atoms with Gasteiger partial charge in [0.15, 0.2) is 0 Å². The first-order valence-electron chi connectivity index (χ1n) is 7.03. The third kappa shape index (κ3) is 2.93. The van der Waals surface area contributed by atoms with Gasteiger partial charge in [-0.3, -0.25) is 9.48 Å². The standard InChI is InChI=1S/C15H17N5O2/c1-18-10-13(9-16-18)20-8-7-19(11-14(20)21)15(22)17-12-5-3-2-4-6-12/h2-6,9-10H,7-8,11H2,1H3,(H,17,22). The summed E-state index contributed by atoms with van der Waals surface area (Å²) in [6, 6.07) is 8.94. The van der Waals surface area contributed by atoms with Gasteiger partial charge in [0.2, 0.25) is 5.91 Å². The van der Waals surface area contributed by atoms with Crippen LogP contribution in [0.5, 0.6) is 0 Å². The van der Waals surface area contributed by atoms with E-state index in [9.17, 15) is 9.59 Å². The molecule has 7 heteroatoms. The van der Waals surface area contributed by atoms with Crippen LogP contribution >= 0.6 is 0 Å². The van der Waals surface area contributed by atoms with Gasteiger partial charge in [-0.2, -0.15) is 5.10 Å². The molecule has 0 unspecified atom stereocenters. The molecule has 1 aliphatic rings. The summed E-state index contributed by atoms with van der Waals surface area (Å²) in [6.45, 7) is 1.01. The first-order chi connectivity index (χ1) is 10.6. The van der Waals surface area contributed by atoms with Gasteiger partial charge in [0.1, 0.15) is 6.54 Å². The summed E-state index contributed by atoms with van der Waals surface area (Å²) in [5, 5.41) is 6.86. The number of carbonyl (C=O) groups excluding carboxylic acids is 2. The molecule has 0 saturated carbocycles. The van der Waals surface area contributed by atoms with Crippen LogP contribution in [0, 0.1) is 0 Å². The van der Waals surface area contributed by atoms with Gasteiger partial charge in [0.25, 0.3) is 0 Å². The third-order valence-electron chi connectivity index (χ3n) is 3.54. The van der Waals surface area contributed by atoms with E-state index >= 15 is 0 Å². The van der Waals surface area contributed by atoms with Gasteiger partial charge in [-0.15, -0.1) is 0 Å². The van der Waals surface area contributed by atoms with Crippen molar-refractivity contribution in [1.29, 1.82) is 0 Å². The molecule has 2 heterocycles. The molecule has 0 atom stereocenters. The average Bonchev–Trinajstić information content (AvgIpc) is 2.94. The normalized spacial score (nSPS) is 15.0. The predicted molar refractivity (Wildman–Crippen MR) is 82.6 cm³/mol. The topological polar surface area (TPSA) is 70.5 Å². The first kappa shape index (κ1) is 14.1. The Labute approximate surface area is 128 Å². The molecule has 3 amide bonds. The molecule has 0 radical (unpaired) electrons. The van der Waals surface area contributed by atoms with Crippen LogP contribution in [0.1, 0.15) is 0 Å². The van der Waals surface area contributed by atoms with Gasteiger partial charge in [-0.1, -0.05) is 18.2 Å². The number of nitrogens with zero attached hydrogens (tertiary/aromatic N) is 4. The van der Waals surface area contributed by atoms with E-state index in [1.807, 2.05) is 30.3 Å². The Morgan fingerprint density at radius 1 is 1.23 bits per heavy atom. The minimum absolute atomic E-state index is 0.0631. The molecule has 22 heavy (non-hydrogen) atoms. The average molecular weight is 299 g/mol. The monoisotopic (exact) mass is 299 g/mol. The van der Waals surface area contributed by atoms with Crippen molar-refractivity contribution in [2.45, 2.75) is 0 Å². The second kappa shape index (κ2) is 5.88. The Hall–Kier alpha value is -2.83. The van der Waals surface area contributed by atoms with E-state index in [0.29, 0.717) is 13.1 Å². The Morgan fingerprint density at radius 2 is 2.00 bits per heavy atom. The molecule has 7 nitrogen and oxygen atoms in total. The maximum Gasteiger partial charge on any atom is 0.322 e. The number of hydrogen-bond acceptors (Lipinski definition) is 3. The van der Waals surface area contributed by atoms with E-state index in [1.54, 1.807) is 29.0 Å². The van der Waals surface area contributed by atoms with Crippen molar-refractivity contribution in [1.82, 2.24) is 14.7 Å². The number of benzene rings is 1. The van der Waals surface area contributed by atoms with E-state index < -0.39 is 0 Å². The molecule has 1 aromatic carbocycles. The number of urea groups is 1. The molecule has 1 aliphatic heterocycles. The summed E-state index contributed by atoms with van der Waals surface area (Å²) < 4.78 is 1.65. The van der Waals surface area contributed by atoms with Gasteiger partial charge in [0.05, 0.1) is 11.9 Å². The van der Waals surface area contributed by atoms with Gasteiger partial charge >= 0.3 is 6.03 Å². The van der Waals surface area contributed by atoms with Crippen LogP contribution in [-0.4, -0.2) is 46.3 Å². The van der Waals surface area contributed by atoms with Crippen molar-refractivity contribution in [3.05, 3.63) is 42.7 Å². The molecule has 2 aromatic rings. The fraction of sp³-hybridized carbons (Fsp3) is 0.267. The summed E-state index contributed by atoms with van der Waals surface area (Å²) in [4.78, 5) is 27.6. The number of nitrogens with one attached hydrogen (secondary N) is 1. The second-order valence-electron chi connectivity index (χ2n) is 5.14. The van der Waals surface area contributed by atoms with Crippen molar-refractivity contribution in [3.8, 4) is 0 Å². The van der Waals surface area contributed by atoms with E-state index in [0.717, 1.165) is 11.4 Å². The van der Waals surface area contributed by atoms with E-state index in [-0.39, 0.29) is 18.5 Å². The Bertz CT molecular complexity index is 682. The van der Waals surface area contributed by atoms with Crippen LogP contribution in [-0.2, 0) is 11.8 Å². The third-order valence-corrected chi connectivity index (χ3v) is 3.54. The smallest absolute Gasteiger partial charge is 0.313 e. The maximum absolute atomic E-state index is 12.2. The molecular formula is C15H17N5O2. The van der Waals surface area contributed by atoms with Crippen LogP contribution in [0.3, 0.4) is 0 Å². The molecule has 0 spiro atoms. The fourth-order valence-electron chi connectivity index (χ4n) is 2.39. The summed E-state index contributed by atoms with van der Waals surface area (Å²) in [6.07, 6.45) is 3.44. The van der Waals surface area contributed by atoms with Crippen molar-refractivity contribution < 1.29 is 9.59 Å². The Balaban J connectivity index is 1.62. The van der Waals surface area contributed by atoms with Gasteiger partial charge in [-0.25, -0.2) is 4.79 Å². The SMILES string of the molecule is Cn1cc(N2CCN(C(=O)Nc3ccccc3)CC2=O)cn1. The largest absolute Gasteiger partial charge is 0.322 e. The zero-order valence-electron chi connectivity index (χ0n) is 12.3. The summed E-state index contributed by atoms with van der Waals surface area (Å²) in [5.74, 6) is -0.109. The summed E-state index contributed by atoms with van der Waals surface area (Å²) in [5.41, 5.74) is 1.48. The van der Waals surface area contributed by atoms with Crippen LogP contribution in [0.15, 0.2) is 42.7 Å². The molecule has 1 saturated heterocycles. The summed E-state index contributed by atoms with van der Waals surface area (Å²) in [7, 11) is 1.80. The minimum atomic E-state index is -0.259. The number of carbonyl (C=O) groups is 2. The maximum atomic E-state index is 12.2. The summed E-state index contributed by atoms with van der Waals surface area (Å²) >= 11 is 0. The fourth-order valence-corrected chi connectivity index (χ4v) is 2.39. The van der Waals surface area contributed by atoms with Crippen molar-refractivity contribution >= 4 is 23.3 Å².